The Balaban J connectivity index is 2.37. The van der Waals surface area contributed by atoms with E-state index in [-0.39, 0.29) is 0 Å². The molecule has 0 aromatic heterocycles. The van der Waals surface area contributed by atoms with Gasteiger partial charge in [0.25, 0.3) is 0 Å². The number of rotatable bonds is 6. The fourth-order valence-corrected chi connectivity index (χ4v) is 3.36. The first-order chi connectivity index (χ1) is 6.72. The van der Waals surface area contributed by atoms with Gasteiger partial charge >= 0.3 is 0 Å². The lowest BCUT2D eigenvalue weighted by molar-refractivity contribution is 0.229. The summed E-state index contributed by atoms with van der Waals surface area (Å²) in [7, 11) is 0. The first-order valence-corrected chi connectivity index (χ1v) is 6.72. The second kappa shape index (κ2) is 5.78. The summed E-state index contributed by atoms with van der Waals surface area (Å²) in [6.07, 6.45) is 13.2. The summed E-state index contributed by atoms with van der Waals surface area (Å²) in [5.74, 6) is 1.00. The molecule has 1 aliphatic carbocycles. The molecular formula is C14H28. The molecule has 0 saturated heterocycles. The van der Waals surface area contributed by atoms with Gasteiger partial charge in [0.1, 0.15) is 0 Å². The van der Waals surface area contributed by atoms with Crippen LogP contribution in [0.5, 0.6) is 0 Å². The van der Waals surface area contributed by atoms with Crippen LogP contribution < -0.4 is 0 Å². The Morgan fingerprint density at radius 3 is 2.36 bits per heavy atom. The first kappa shape index (κ1) is 12.1. The van der Waals surface area contributed by atoms with Crippen LogP contribution in [0.3, 0.4) is 0 Å². The molecule has 1 fully saturated rings. The Labute approximate surface area is 90.5 Å². The number of unbranched alkanes of at least 4 members (excludes halogenated alkanes) is 2. The Morgan fingerprint density at radius 2 is 1.86 bits per heavy atom. The molecule has 1 rings (SSSR count). The second-order valence-corrected chi connectivity index (χ2v) is 5.56. The maximum absolute atomic E-state index is 2.44. The van der Waals surface area contributed by atoms with Gasteiger partial charge in [-0.05, 0) is 37.0 Å². The molecule has 0 aromatic carbocycles. The zero-order valence-corrected chi connectivity index (χ0v) is 10.4. The quantitative estimate of drug-likeness (QED) is 0.514. The maximum atomic E-state index is 2.44. The largest absolute Gasteiger partial charge is 0.0654 e. The Hall–Kier alpha value is 0. The highest BCUT2D eigenvalue weighted by Gasteiger charge is 2.35. The van der Waals surface area contributed by atoms with Crippen molar-refractivity contribution in [2.75, 3.05) is 0 Å². The minimum atomic E-state index is 0.767. The molecule has 84 valence electrons. The molecule has 0 heteroatoms. The van der Waals surface area contributed by atoms with Gasteiger partial charge in [0.05, 0.1) is 0 Å². The van der Waals surface area contributed by atoms with Crippen molar-refractivity contribution in [1.29, 1.82) is 0 Å². The van der Waals surface area contributed by atoms with Gasteiger partial charge in [0.15, 0.2) is 0 Å². The monoisotopic (exact) mass is 196 g/mol. The molecule has 14 heavy (non-hydrogen) atoms. The molecule has 2 unspecified atom stereocenters. The molecule has 0 amide bonds. The molecule has 0 spiro atoms. The minimum absolute atomic E-state index is 0.767. The first-order valence-electron chi connectivity index (χ1n) is 6.72. The van der Waals surface area contributed by atoms with Gasteiger partial charge in [-0.25, -0.2) is 0 Å². The molecule has 1 aliphatic rings. The highest BCUT2D eigenvalue weighted by atomic mass is 14.4. The lowest BCUT2D eigenvalue weighted by Gasteiger charge is -2.29. The predicted molar refractivity (Wildman–Crippen MR) is 64.5 cm³/mol. The van der Waals surface area contributed by atoms with E-state index in [9.17, 15) is 0 Å². The summed E-state index contributed by atoms with van der Waals surface area (Å²) >= 11 is 0. The highest BCUT2D eigenvalue weighted by molar-refractivity contribution is 4.87. The van der Waals surface area contributed by atoms with Crippen LogP contribution in [0.2, 0.25) is 0 Å². The molecule has 2 atom stereocenters. The fourth-order valence-electron chi connectivity index (χ4n) is 3.36. The SMILES string of the molecule is CCCCCC1(CCC)CCC(C)C1. The van der Waals surface area contributed by atoms with E-state index in [4.69, 9.17) is 0 Å². The van der Waals surface area contributed by atoms with Gasteiger partial charge in [-0.1, -0.05) is 52.9 Å². The van der Waals surface area contributed by atoms with Crippen molar-refractivity contribution in [3.63, 3.8) is 0 Å². The van der Waals surface area contributed by atoms with E-state index >= 15 is 0 Å². The van der Waals surface area contributed by atoms with Gasteiger partial charge < -0.3 is 0 Å². The fraction of sp³-hybridized carbons (Fsp3) is 1.00. The van der Waals surface area contributed by atoms with E-state index in [2.05, 4.69) is 20.8 Å². The van der Waals surface area contributed by atoms with Crippen LogP contribution in [-0.4, -0.2) is 0 Å². The molecule has 0 bridgehead atoms. The van der Waals surface area contributed by atoms with Gasteiger partial charge in [-0.3, -0.25) is 0 Å². The van der Waals surface area contributed by atoms with Crippen LogP contribution in [0.25, 0.3) is 0 Å². The molecule has 0 heterocycles. The van der Waals surface area contributed by atoms with Crippen LogP contribution in [0.1, 0.15) is 78.6 Å². The predicted octanol–water partition coefficient (Wildman–Crippen LogP) is 5.17. The lowest BCUT2D eigenvalue weighted by Crippen LogP contribution is -2.16. The summed E-state index contributed by atoms with van der Waals surface area (Å²) in [5.41, 5.74) is 0.767. The van der Waals surface area contributed by atoms with E-state index in [0.717, 1.165) is 11.3 Å². The molecule has 0 nitrogen and oxygen atoms in total. The van der Waals surface area contributed by atoms with Gasteiger partial charge in [-0.15, -0.1) is 0 Å². The molecule has 0 N–H and O–H groups in total. The van der Waals surface area contributed by atoms with Crippen molar-refractivity contribution in [1.82, 2.24) is 0 Å². The lowest BCUT2D eigenvalue weighted by atomic mass is 9.76. The van der Waals surface area contributed by atoms with E-state index in [1.807, 2.05) is 0 Å². The normalized spacial score (nSPS) is 32.4. The molecule has 0 aliphatic heterocycles. The maximum Gasteiger partial charge on any atom is -0.0295 e. The van der Waals surface area contributed by atoms with E-state index in [1.54, 1.807) is 0 Å². The average Bonchev–Trinajstić information content (AvgIpc) is 2.49. The van der Waals surface area contributed by atoms with Crippen molar-refractivity contribution in [3.8, 4) is 0 Å². The van der Waals surface area contributed by atoms with Crippen molar-refractivity contribution < 1.29 is 0 Å². The summed E-state index contributed by atoms with van der Waals surface area (Å²) in [6.45, 7) is 7.10. The summed E-state index contributed by atoms with van der Waals surface area (Å²) in [5, 5.41) is 0. The third-order valence-corrected chi connectivity index (χ3v) is 4.04. The Bertz CT molecular complexity index is 146. The molecule has 1 saturated carbocycles. The van der Waals surface area contributed by atoms with Gasteiger partial charge in [0, 0.05) is 0 Å². The average molecular weight is 196 g/mol. The second-order valence-electron chi connectivity index (χ2n) is 5.56. The molecule has 0 aromatic rings. The zero-order chi connectivity index (χ0) is 10.4. The van der Waals surface area contributed by atoms with Crippen LogP contribution in [0, 0.1) is 11.3 Å². The van der Waals surface area contributed by atoms with E-state index in [1.165, 1.54) is 57.8 Å². The van der Waals surface area contributed by atoms with Crippen molar-refractivity contribution in [2.45, 2.75) is 78.6 Å². The summed E-state index contributed by atoms with van der Waals surface area (Å²) < 4.78 is 0. The zero-order valence-electron chi connectivity index (χ0n) is 10.4. The summed E-state index contributed by atoms with van der Waals surface area (Å²) in [4.78, 5) is 0. The van der Waals surface area contributed by atoms with Crippen molar-refractivity contribution in [3.05, 3.63) is 0 Å². The van der Waals surface area contributed by atoms with Crippen LogP contribution in [-0.2, 0) is 0 Å². The summed E-state index contributed by atoms with van der Waals surface area (Å²) in [6, 6.07) is 0. The smallest absolute Gasteiger partial charge is 0.0295 e. The van der Waals surface area contributed by atoms with Crippen molar-refractivity contribution >= 4 is 0 Å². The third-order valence-electron chi connectivity index (χ3n) is 4.04. The Morgan fingerprint density at radius 1 is 1.07 bits per heavy atom. The van der Waals surface area contributed by atoms with Crippen LogP contribution >= 0.6 is 0 Å². The van der Waals surface area contributed by atoms with Crippen LogP contribution in [0.15, 0.2) is 0 Å². The number of hydrogen-bond donors (Lipinski definition) is 0. The molecular weight excluding hydrogens is 168 g/mol. The number of hydrogen-bond acceptors (Lipinski definition) is 0. The third kappa shape index (κ3) is 3.29. The minimum Gasteiger partial charge on any atom is -0.0654 e. The Kier molecular flexibility index (Phi) is 4.98. The molecule has 0 radical (unpaired) electrons. The van der Waals surface area contributed by atoms with Gasteiger partial charge in [-0.2, -0.15) is 0 Å². The van der Waals surface area contributed by atoms with Gasteiger partial charge in [0.2, 0.25) is 0 Å². The highest BCUT2D eigenvalue weighted by Crippen LogP contribution is 2.48. The topological polar surface area (TPSA) is 0 Å². The standard InChI is InChI=1S/C14H28/c1-4-6-7-10-14(9-5-2)11-8-13(3)12-14/h13H,4-12H2,1-3H3. The van der Waals surface area contributed by atoms with Crippen LogP contribution in [0.4, 0.5) is 0 Å². The van der Waals surface area contributed by atoms with E-state index in [0.29, 0.717) is 0 Å². The van der Waals surface area contributed by atoms with E-state index < -0.39 is 0 Å². The van der Waals surface area contributed by atoms with Crippen molar-refractivity contribution in [2.24, 2.45) is 11.3 Å².